The van der Waals surface area contributed by atoms with Gasteiger partial charge in [-0.15, -0.1) is 0 Å². The van der Waals surface area contributed by atoms with Crippen LogP contribution in [0.4, 0.5) is 0 Å². The molecule has 0 fully saturated rings. The maximum atomic E-state index is 5.67. The van der Waals surface area contributed by atoms with Crippen LogP contribution in [0.5, 0.6) is 0 Å². The van der Waals surface area contributed by atoms with Crippen LogP contribution in [-0.2, 0) is 11.2 Å². The summed E-state index contributed by atoms with van der Waals surface area (Å²) in [5.41, 5.74) is 3.08. The number of aryl methyl sites for hydroxylation is 1. The first-order chi connectivity index (χ1) is 10.9. The number of allylic oxidation sites excluding steroid dienone is 2. The second-order valence-electron chi connectivity index (χ2n) is 6.40. The molecule has 0 radical (unpaired) electrons. The maximum absolute atomic E-state index is 5.67. The van der Waals surface area contributed by atoms with Crippen molar-refractivity contribution in [2.75, 3.05) is 7.11 Å². The van der Waals surface area contributed by atoms with Crippen LogP contribution in [0, 0.1) is 0 Å². The lowest BCUT2D eigenvalue weighted by Crippen LogP contribution is -2.26. The van der Waals surface area contributed by atoms with E-state index in [1.165, 1.54) is 51.6 Å². The van der Waals surface area contributed by atoms with Crippen LogP contribution in [0.25, 0.3) is 27.6 Å². The molecule has 0 saturated carbocycles. The van der Waals surface area contributed by atoms with Crippen molar-refractivity contribution >= 4 is 27.6 Å². The zero-order chi connectivity index (χ0) is 14.7. The fourth-order valence-corrected chi connectivity index (χ4v) is 4.52. The van der Waals surface area contributed by atoms with E-state index in [1.807, 2.05) is 0 Å². The van der Waals surface area contributed by atoms with Gasteiger partial charge in [0.25, 0.3) is 0 Å². The Morgan fingerprint density at radius 3 is 2.64 bits per heavy atom. The normalized spacial score (nSPS) is 19.7. The molecular formula is C21H18O. The number of rotatable bonds is 1. The molecule has 0 aromatic heterocycles. The van der Waals surface area contributed by atoms with Gasteiger partial charge in [-0.3, -0.25) is 0 Å². The minimum Gasteiger partial charge on any atom is -0.500 e. The van der Waals surface area contributed by atoms with Crippen LogP contribution in [0.1, 0.15) is 29.9 Å². The van der Waals surface area contributed by atoms with Crippen LogP contribution in [-0.4, -0.2) is 7.11 Å². The topological polar surface area (TPSA) is 9.23 Å². The van der Waals surface area contributed by atoms with E-state index in [0.717, 1.165) is 5.76 Å². The van der Waals surface area contributed by atoms with Crippen molar-refractivity contribution in [3.8, 4) is 0 Å². The SMILES string of the molecule is COC1=CC=c2c3c(c4cccc5cccc2c54)CCCC13. The Labute approximate surface area is 129 Å². The Hall–Kier alpha value is -2.28. The van der Waals surface area contributed by atoms with Crippen molar-refractivity contribution in [2.45, 2.75) is 25.2 Å². The van der Waals surface area contributed by atoms with Crippen LogP contribution in [0.2, 0.25) is 0 Å². The molecule has 1 unspecified atom stereocenters. The molecule has 3 aromatic rings. The molecule has 2 aliphatic rings. The minimum absolute atomic E-state index is 0.442. The molecule has 1 nitrogen and oxygen atoms in total. The number of fused-ring (bicyclic) bond motifs is 2. The zero-order valence-corrected chi connectivity index (χ0v) is 12.7. The second kappa shape index (κ2) is 4.36. The van der Waals surface area contributed by atoms with Gasteiger partial charge in [0.15, 0.2) is 0 Å². The summed E-state index contributed by atoms with van der Waals surface area (Å²) in [6.45, 7) is 0. The molecule has 1 atom stereocenters. The summed E-state index contributed by atoms with van der Waals surface area (Å²) in [7, 11) is 1.80. The third kappa shape index (κ3) is 1.44. The second-order valence-corrected chi connectivity index (χ2v) is 6.40. The number of methoxy groups -OCH3 is 1. The van der Waals surface area contributed by atoms with Crippen LogP contribution >= 0.6 is 0 Å². The van der Waals surface area contributed by atoms with Gasteiger partial charge in [-0.1, -0.05) is 42.5 Å². The summed E-state index contributed by atoms with van der Waals surface area (Å²) in [5.74, 6) is 1.57. The highest BCUT2D eigenvalue weighted by molar-refractivity contribution is 6.12. The quantitative estimate of drug-likeness (QED) is 0.642. The monoisotopic (exact) mass is 286 g/mol. The van der Waals surface area contributed by atoms with Gasteiger partial charge in [0.05, 0.1) is 7.11 Å². The van der Waals surface area contributed by atoms with E-state index in [0.29, 0.717) is 5.92 Å². The predicted molar refractivity (Wildman–Crippen MR) is 91.9 cm³/mol. The lowest BCUT2D eigenvalue weighted by molar-refractivity contribution is 0.256. The van der Waals surface area contributed by atoms with E-state index < -0.39 is 0 Å². The molecule has 2 aliphatic carbocycles. The molecule has 3 aromatic carbocycles. The first-order valence-corrected chi connectivity index (χ1v) is 8.10. The fraction of sp³-hybridized carbons (Fsp3) is 0.238. The van der Waals surface area contributed by atoms with Gasteiger partial charge in [0.2, 0.25) is 0 Å². The molecule has 0 N–H and O–H groups in total. The summed E-state index contributed by atoms with van der Waals surface area (Å²) in [4.78, 5) is 0. The van der Waals surface area contributed by atoms with Gasteiger partial charge >= 0.3 is 0 Å². The number of hydrogen-bond donors (Lipinski definition) is 0. The van der Waals surface area contributed by atoms with Crippen molar-refractivity contribution in [1.29, 1.82) is 0 Å². The third-order valence-electron chi connectivity index (χ3n) is 5.40. The van der Waals surface area contributed by atoms with E-state index in [9.17, 15) is 0 Å². The van der Waals surface area contributed by atoms with Gasteiger partial charge in [-0.25, -0.2) is 0 Å². The molecule has 0 amide bonds. The Bertz CT molecular complexity index is 989. The van der Waals surface area contributed by atoms with Crippen LogP contribution in [0.15, 0.2) is 48.2 Å². The summed E-state index contributed by atoms with van der Waals surface area (Å²) in [5, 5.41) is 7.05. The summed E-state index contributed by atoms with van der Waals surface area (Å²) < 4.78 is 5.67. The smallest absolute Gasteiger partial charge is 0.103 e. The van der Waals surface area contributed by atoms with E-state index in [1.54, 1.807) is 12.7 Å². The summed E-state index contributed by atoms with van der Waals surface area (Å²) in [6.07, 6.45) is 8.08. The van der Waals surface area contributed by atoms with Crippen molar-refractivity contribution in [3.05, 3.63) is 64.6 Å². The van der Waals surface area contributed by atoms with Crippen LogP contribution < -0.4 is 5.22 Å². The van der Waals surface area contributed by atoms with Crippen molar-refractivity contribution < 1.29 is 4.74 Å². The van der Waals surface area contributed by atoms with Gasteiger partial charge in [0.1, 0.15) is 5.76 Å². The highest BCUT2D eigenvalue weighted by Gasteiger charge is 2.29. The summed E-state index contributed by atoms with van der Waals surface area (Å²) in [6, 6.07) is 13.4. The molecule has 0 aliphatic heterocycles. The van der Waals surface area contributed by atoms with E-state index in [2.05, 4.69) is 48.6 Å². The Morgan fingerprint density at radius 1 is 1.00 bits per heavy atom. The van der Waals surface area contributed by atoms with Gasteiger partial charge < -0.3 is 4.74 Å². The Balaban J connectivity index is 2.06. The van der Waals surface area contributed by atoms with Gasteiger partial charge in [-0.05, 0) is 63.2 Å². The number of benzene rings is 3. The van der Waals surface area contributed by atoms with Crippen LogP contribution in [0.3, 0.4) is 0 Å². The van der Waals surface area contributed by atoms with Gasteiger partial charge in [-0.2, -0.15) is 0 Å². The molecule has 5 rings (SSSR count). The third-order valence-corrected chi connectivity index (χ3v) is 5.40. The van der Waals surface area contributed by atoms with Crippen molar-refractivity contribution in [3.63, 3.8) is 0 Å². The molecule has 0 bridgehead atoms. The Morgan fingerprint density at radius 2 is 1.82 bits per heavy atom. The highest BCUT2D eigenvalue weighted by Crippen LogP contribution is 2.41. The average Bonchev–Trinajstić information content (AvgIpc) is 2.59. The standard InChI is InChI=1S/C21H18O/c1-22-19-12-11-17-15-8-3-6-13-5-2-7-14(20(13)15)16-9-4-10-18(19)21(16)17/h2-3,5-8,11-12,18H,4,9-10H2,1H3. The van der Waals surface area contributed by atoms with E-state index in [-0.39, 0.29) is 0 Å². The van der Waals surface area contributed by atoms with Crippen molar-refractivity contribution in [2.24, 2.45) is 0 Å². The first-order valence-electron chi connectivity index (χ1n) is 8.10. The minimum atomic E-state index is 0.442. The molecule has 0 spiro atoms. The molecular weight excluding hydrogens is 268 g/mol. The maximum Gasteiger partial charge on any atom is 0.103 e. The number of hydrogen-bond acceptors (Lipinski definition) is 1. The summed E-state index contributed by atoms with van der Waals surface area (Å²) >= 11 is 0. The number of ether oxygens (including phenoxy) is 1. The molecule has 22 heavy (non-hydrogen) atoms. The predicted octanol–water partition coefficient (Wildman–Crippen LogP) is 4.46. The Kier molecular flexibility index (Phi) is 2.43. The first kappa shape index (κ1) is 12.3. The zero-order valence-electron chi connectivity index (χ0n) is 12.7. The molecule has 0 saturated heterocycles. The molecule has 0 heterocycles. The molecule has 108 valence electrons. The molecule has 1 heteroatoms. The van der Waals surface area contributed by atoms with E-state index in [4.69, 9.17) is 4.74 Å². The lowest BCUT2D eigenvalue weighted by Gasteiger charge is -2.31. The van der Waals surface area contributed by atoms with Crippen molar-refractivity contribution in [1.82, 2.24) is 0 Å². The average molecular weight is 286 g/mol. The van der Waals surface area contributed by atoms with E-state index >= 15 is 0 Å². The lowest BCUT2D eigenvalue weighted by atomic mass is 9.75. The van der Waals surface area contributed by atoms with Gasteiger partial charge in [0, 0.05) is 5.92 Å². The fourth-order valence-electron chi connectivity index (χ4n) is 4.52. The largest absolute Gasteiger partial charge is 0.500 e. The highest BCUT2D eigenvalue weighted by atomic mass is 16.5.